The minimum absolute atomic E-state index is 0.223. The summed E-state index contributed by atoms with van der Waals surface area (Å²) in [5.41, 5.74) is 1.87. The van der Waals surface area contributed by atoms with Crippen molar-refractivity contribution in [3.8, 4) is 11.5 Å². The number of para-hydroxylation sites is 1. The molecule has 0 unspecified atom stereocenters. The Labute approximate surface area is 136 Å². The summed E-state index contributed by atoms with van der Waals surface area (Å²) in [6, 6.07) is 7.91. The molecule has 1 aliphatic heterocycles. The Morgan fingerprint density at radius 3 is 2.96 bits per heavy atom. The van der Waals surface area contributed by atoms with Crippen molar-refractivity contribution < 1.29 is 14.4 Å². The van der Waals surface area contributed by atoms with Crippen LogP contribution in [0.15, 0.2) is 28.8 Å². The van der Waals surface area contributed by atoms with Gasteiger partial charge in [0.1, 0.15) is 0 Å². The van der Waals surface area contributed by atoms with Crippen molar-refractivity contribution in [2.45, 2.75) is 45.2 Å². The monoisotopic (exact) mass is 316 g/mol. The van der Waals surface area contributed by atoms with Gasteiger partial charge in [0.25, 0.3) is 0 Å². The first-order valence-corrected chi connectivity index (χ1v) is 8.15. The van der Waals surface area contributed by atoms with E-state index in [0.29, 0.717) is 18.2 Å². The van der Waals surface area contributed by atoms with Gasteiger partial charge in [-0.1, -0.05) is 31.1 Å². The van der Waals surface area contributed by atoms with Crippen molar-refractivity contribution in [1.82, 2.24) is 10.1 Å². The highest BCUT2D eigenvalue weighted by molar-refractivity contribution is 5.45. The second kappa shape index (κ2) is 6.62. The zero-order valence-corrected chi connectivity index (χ0v) is 14.0. The Balaban J connectivity index is 1.79. The van der Waals surface area contributed by atoms with E-state index in [0.717, 1.165) is 36.4 Å². The van der Waals surface area contributed by atoms with Crippen LogP contribution in [0.3, 0.4) is 0 Å². The standard InChI is InChI=1S/C18H24N2O3/c1-12(2)14-10-17(23-19-14)15-7-5-9-20(15)11-13-6-4-8-16(22-3)18(13)21/h4,6,8,10,12,15,21H,5,7,9,11H2,1-3H3/t15-/m0/s1. The van der Waals surface area contributed by atoms with Gasteiger partial charge in [0.05, 0.1) is 18.8 Å². The van der Waals surface area contributed by atoms with Gasteiger partial charge >= 0.3 is 0 Å². The Kier molecular flexibility index (Phi) is 4.57. The molecule has 0 radical (unpaired) electrons. The summed E-state index contributed by atoms with van der Waals surface area (Å²) >= 11 is 0. The number of hydrogen-bond acceptors (Lipinski definition) is 5. The van der Waals surface area contributed by atoms with Crippen molar-refractivity contribution in [3.05, 3.63) is 41.3 Å². The zero-order valence-electron chi connectivity index (χ0n) is 14.0. The van der Waals surface area contributed by atoms with Gasteiger partial charge in [-0.05, 0) is 31.4 Å². The smallest absolute Gasteiger partial charge is 0.162 e. The maximum atomic E-state index is 10.3. The number of phenolic OH excluding ortho intramolecular Hbond substituents is 1. The summed E-state index contributed by atoms with van der Waals surface area (Å²) in [5, 5.41) is 14.5. The second-order valence-corrected chi connectivity index (χ2v) is 6.41. The highest BCUT2D eigenvalue weighted by Crippen LogP contribution is 2.37. The van der Waals surface area contributed by atoms with E-state index >= 15 is 0 Å². The van der Waals surface area contributed by atoms with Crippen molar-refractivity contribution in [1.29, 1.82) is 0 Å². The largest absolute Gasteiger partial charge is 0.504 e. The molecule has 0 spiro atoms. The van der Waals surface area contributed by atoms with Crippen LogP contribution >= 0.6 is 0 Å². The van der Waals surface area contributed by atoms with Crippen molar-refractivity contribution in [2.75, 3.05) is 13.7 Å². The van der Waals surface area contributed by atoms with E-state index in [9.17, 15) is 5.11 Å². The minimum Gasteiger partial charge on any atom is -0.504 e. The Morgan fingerprint density at radius 2 is 2.26 bits per heavy atom. The van der Waals surface area contributed by atoms with E-state index in [1.165, 1.54) is 0 Å². The summed E-state index contributed by atoms with van der Waals surface area (Å²) in [6.07, 6.45) is 2.17. The molecular weight excluding hydrogens is 292 g/mol. The van der Waals surface area contributed by atoms with Gasteiger partial charge in [0, 0.05) is 18.2 Å². The molecule has 1 aliphatic rings. The summed E-state index contributed by atoms with van der Waals surface area (Å²) in [5.74, 6) is 2.03. The highest BCUT2D eigenvalue weighted by Gasteiger charge is 2.30. The van der Waals surface area contributed by atoms with E-state index in [2.05, 4.69) is 30.0 Å². The molecule has 2 aromatic rings. The van der Waals surface area contributed by atoms with Crippen LogP contribution in [0.2, 0.25) is 0 Å². The molecule has 0 bridgehead atoms. The predicted molar refractivity (Wildman–Crippen MR) is 87.6 cm³/mol. The van der Waals surface area contributed by atoms with E-state index < -0.39 is 0 Å². The highest BCUT2D eigenvalue weighted by atomic mass is 16.5. The summed E-state index contributed by atoms with van der Waals surface area (Å²) in [6.45, 7) is 5.88. The predicted octanol–water partition coefficient (Wildman–Crippen LogP) is 3.85. The fraction of sp³-hybridized carbons (Fsp3) is 0.500. The van der Waals surface area contributed by atoms with Crippen molar-refractivity contribution in [3.63, 3.8) is 0 Å². The van der Waals surface area contributed by atoms with E-state index in [1.807, 2.05) is 12.1 Å². The Morgan fingerprint density at radius 1 is 1.43 bits per heavy atom. The lowest BCUT2D eigenvalue weighted by Crippen LogP contribution is -2.22. The Bertz CT molecular complexity index is 666. The number of methoxy groups -OCH3 is 1. The molecule has 1 aromatic heterocycles. The molecule has 5 heteroatoms. The van der Waals surface area contributed by atoms with Crippen molar-refractivity contribution in [2.24, 2.45) is 0 Å². The van der Waals surface area contributed by atoms with Gasteiger partial charge in [0.15, 0.2) is 17.3 Å². The SMILES string of the molecule is COc1cccc(CN2CCC[C@H]2c2cc(C(C)C)no2)c1O. The number of nitrogens with zero attached hydrogens (tertiary/aromatic N) is 2. The molecule has 3 rings (SSSR count). The normalized spacial score (nSPS) is 18.7. The first-order chi connectivity index (χ1) is 11.1. The minimum atomic E-state index is 0.223. The lowest BCUT2D eigenvalue weighted by molar-refractivity contribution is 0.204. The van der Waals surface area contributed by atoms with Crippen LogP contribution in [-0.2, 0) is 6.54 Å². The molecule has 1 fully saturated rings. The van der Waals surface area contributed by atoms with Crippen LogP contribution in [0.25, 0.3) is 0 Å². The maximum absolute atomic E-state index is 10.3. The van der Waals surface area contributed by atoms with Gasteiger partial charge in [-0.25, -0.2) is 0 Å². The molecule has 1 atom stereocenters. The van der Waals surface area contributed by atoms with Gasteiger partial charge in [-0.15, -0.1) is 0 Å². The molecular formula is C18H24N2O3. The average molecular weight is 316 g/mol. The molecule has 2 heterocycles. The fourth-order valence-corrected chi connectivity index (χ4v) is 3.15. The number of hydrogen-bond donors (Lipinski definition) is 1. The van der Waals surface area contributed by atoms with Gasteiger partial charge in [0.2, 0.25) is 0 Å². The van der Waals surface area contributed by atoms with Gasteiger partial charge < -0.3 is 14.4 Å². The third-order valence-electron chi connectivity index (χ3n) is 4.51. The number of benzene rings is 1. The van der Waals surface area contributed by atoms with Crippen molar-refractivity contribution >= 4 is 0 Å². The second-order valence-electron chi connectivity index (χ2n) is 6.41. The Hall–Kier alpha value is -2.01. The number of rotatable bonds is 5. The average Bonchev–Trinajstić information content (AvgIpc) is 3.18. The molecule has 5 nitrogen and oxygen atoms in total. The summed E-state index contributed by atoms with van der Waals surface area (Å²) < 4.78 is 10.8. The molecule has 0 saturated carbocycles. The van der Waals surface area contributed by atoms with Gasteiger partial charge in [-0.3, -0.25) is 4.90 Å². The van der Waals surface area contributed by atoms with Crippen LogP contribution < -0.4 is 4.74 Å². The van der Waals surface area contributed by atoms with E-state index in [4.69, 9.17) is 9.26 Å². The third-order valence-corrected chi connectivity index (χ3v) is 4.51. The van der Waals surface area contributed by atoms with Crippen LogP contribution in [0.4, 0.5) is 0 Å². The summed E-state index contributed by atoms with van der Waals surface area (Å²) in [7, 11) is 1.57. The lowest BCUT2D eigenvalue weighted by Gasteiger charge is -2.23. The topological polar surface area (TPSA) is 58.7 Å². The van der Waals surface area contributed by atoms with Gasteiger partial charge in [-0.2, -0.15) is 0 Å². The number of aromatic nitrogens is 1. The third kappa shape index (κ3) is 3.20. The number of likely N-dealkylation sites (tertiary alicyclic amines) is 1. The van der Waals surface area contributed by atoms with Crippen LogP contribution in [-0.4, -0.2) is 28.8 Å². The van der Waals surface area contributed by atoms with Crippen LogP contribution in [0.5, 0.6) is 11.5 Å². The van der Waals surface area contributed by atoms with E-state index in [1.54, 1.807) is 13.2 Å². The molecule has 1 N–H and O–H groups in total. The maximum Gasteiger partial charge on any atom is 0.162 e. The molecule has 124 valence electrons. The van der Waals surface area contributed by atoms with Crippen LogP contribution in [0, 0.1) is 0 Å². The first kappa shape index (κ1) is 15.9. The number of phenols is 1. The zero-order chi connectivity index (χ0) is 16.4. The summed E-state index contributed by atoms with van der Waals surface area (Å²) in [4.78, 5) is 2.33. The molecule has 1 aromatic carbocycles. The molecule has 23 heavy (non-hydrogen) atoms. The lowest BCUT2D eigenvalue weighted by atomic mass is 10.1. The quantitative estimate of drug-likeness (QED) is 0.908. The number of aromatic hydroxyl groups is 1. The fourth-order valence-electron chi connectivity index (χ4n) is 3.15. The molecule has 0 aliphatic carbocycles. The molecule has 1 saturated heterocycles. The number of ether oxygens (including phenoxy) is 1. The van der Waals surface area contributed by atoms with Crippen LogP contribution in [0.1, 0.15) is 55.7 Å². The van der Waals surface area contributed by atoms with E-state index in [-0.39, 0.29) is 11.8 Å². The molecule has 0 amide bonds. The first-order valence-electron chi connectivity index (χ1n) is 8.15.